The van der Waals surface area contributed by atoms with Gasteiger partial charge in [-0.1, -0.05) is 0 Å². The largest absolute Gasteiger partial charge is 1.00 e. The summed E-state index contributed by atoms with van der Waals surface area (Å²) in [6, 6.07) is 0. The van der Waals surface area contributed by atoms with Crippen LogP contribution in [0.1, 0.15) is 1.43 Å². The van der Waals surface area contributed by atoms with Gasteiger partial charge in [0.1, 0.15) is 0 Å². The van der Waals surface area contributed by atoms with E-state index in [1.165, 1.54) is 24.3 Å². The van der Waals surface area contributed by atoms with Crippen LogP contribution in [0, 0.1) is 68.1 Å². The van der Waals surface area contributed by atoms with Crippen LogP contribution in [0.3, 0.4) is 0 Å². The number of allylic oxidation sites excluding steroid dienone is 4. The number of rotatable bonds is 0. The molecule has 0 unspecified atom stereocenters. The third-order valence-electron chi connectivity index (χ3n) is 0. The molecule has 0 saturated heterocycles. The fourth-order valence-electron chi connectivity index (χ4n) is 0. The normalized spacial score (nSPS) is 3.43. The zero-order valence-corrected chi connectivity index (χ0v) is 12.0. The van der Waals surface area contributed by atoms with Gasteiger partial charge >= 0.3 is 18.9 Å². The van der Waals surface area contributed by atoms with Crippen molar-refractivity contribution < 1.29 is 60.7 Å². The molecule has 0 fully saturated rings. The third-order valence-corrected chi connectivity index (χ3v) is 0. The fourth-order valence-corrected chi connectivity index (χ4v) is 0. The van der Waals surface area contributed by atoms with E-state index in [2.05, 4.69) is 54.0 Å². The molecule has 0 N–H and O–H groups in total. The van der Waals surface area contributed by atoms with Gasteiger partial charge in [-0.15, -0.1) is 0 Å². The van der Waals surface area contributed by atoms with Crippen LogP contribution >= 0.6 is 0 Å². The van der Waals surface area contributed by atoms with E-state index in [1.807, 2.05) is 0 Å². The Balaban J connectivity index is -0.0000000107. The first-order valence-electron chi connectivity index (χ1n) is 3.27. The van der Waals surface area contributed by atoms with Crippen LogP contribution in [0.5, 0.6) is 0 Å². The van der Waals surface area contributed by atoms with Gasteiger partial charge in [0.05, 0.1) is 0 Å². The zero-order chi connectivity index (χ0) is 10.8. The first kappa shape index (κ1) is 36.7. The summed E-state index contributed by atoms with van der Waals surface area (Å²) in [5.74, 6) is 0. The SMILES string of the molecule is C=C[CH2-].C=C[CH2-].C=C[CH2-].C=C[CH2-].[H-].[Li+].[Sm]. The smallest absolute Gasteiger partial charge is 1.00 e. The molecule has 0 aromatic carbocycles. The van der Waals surface area contributed by atoms with Crippen molar-refractivity contribution in [3.63, 3.8) is 0 Å². The van der Waals surface area contributed by atoms with E-state index in [4.69, 9.17) is 0 Å². The van der Waals surface area contributed by atoms with Crippen molar-refractivity contribution in [3.05, 3.63) is 78.3 Å². The van der Waals surface area contributed by atoms with E-state index < -0.39 is 0 Å². The summed E-state index contributed by atoms with van der Waals surface area (Å²) in [5, 5.41) is 0. The Bertz CT molecular complexity index is 69.6. The fraction of sp³-hybridized carbons (Fsp3) is 0. The van der Waals surface area contributed by atoms with Gasteiger partial charge in [-0.25, -0.2) is 78.3 Å². The molecule has 0 bridgehead atoms. The van der Waals surface area contributed by atoms with E-state index in [1.54, 1.807) is 0 Å². The van der Waals surface area contributed by atoms with E-state index in [0.29, 0.717) is 0 Å². The van der Waals surface area contributed by atoms with Crippen LogP contribution < -0.4 is 18.9 Å². The quantitative estimate of drug-likeness (QED) is 0.463. The second kappa shape index (κ2) is 107. The standard InChI is InChI=1S/4C3H5.Li.Sm.H/c4*1-3-2;;;/h4*3H,1-2H2;;;/q4*-1;+1;;-1. The summed E-state index contributed by atoms with van der Waals surface area (Å²) >= 11 is 0. The molecule has 0 aliphatic rings. The second-order valence-corrected chi connectivity index (χ2v) is 1.15. The zero-order valence-electron chi connectivity index (χ0n) is 10.4. The van der Waals surface area contributed by atoms with Crippen molar-refractivity contribution in [3.8, 4) is 0 Å². The molecule has 0 aliphatic heterocycles. The Kier molecular flexibility index (Phi) is 280. The van der Waals surface area contributed by atoms with Crippen LogP contribution in [-0.2, 0) is 0 Å². The second-order valence-electron chi connectivity index (χ2n) is 1.15. The van der Waals surface area contributed by atoms with E-state index in [-0.39, 0.29) is 60.7 Å². The molecule has 0 heterocycles. The Morgan fingerprint density at radius 3 is 0.643 bits per heavy atom. The maximum Gasteiger partial charge on any atom is 1.00 e. The molecular formula is C12H21LiSm-4. The van der Waals surface area contributed by atoms with Crippen LogP contribution in [0.15, 0.2) is 50.6 Å². The minimum atomic E-state index is 0. The van der Waals surface area contributed by atoms with Crippen molar-refractivity contribution >= 4 is 0 Å². The van der Waals surface area contributed by atoms with E-state index >= 15 is 0 Å². The Labute approximate surface area is 137 Å². The molecule has 0 saturated carbocycles. The first-order chi connectivity index (χ1) is 5.66. The van der Waals surface area contributed by atoms with Crippen molar-refractivity contribution in [2.45, 2.75) is 0 Å². The van der Waals surface area contributed by atoms with Crippen molar-refractivity contribution in [2.24, 2.45) is 0 Å². The summed E-state index contributed by atoms with van der Waals surface area (Å²) in [4.78, 5) is 0. The van der Waals surface area contributed by atoms with Crippen LogP contribution in [0.25, 0.3) is 0 Å². The average molecular weight is 323 g/mol. The monoisotopic (exact) mass is 324 g/mol. The minimum Gasteiger partial charge on any atom is -1.00 e. The van der Waals surface area contributed by atoms with Crippen molar-refractivity contribution in [1.82, 2.24) is 0 Å². The minimum absolute atomic E-state index is 0. The predicted octanol–water partition coefficient (Wildman–Crippen LogP) is 1.14. The molecule has 0 atom stereocenters. The van der Waals surface area contributed by atoms with Crippen molar-refractivity contribution in [2.75, 3.05) is 0 Å². The van der Waals surface area contributed by atoms with Crippen LogP contribution in [-0.4, -0.2) is 0 Å². The van der Waals surface area contributed by atoms with E-state index in [0.717, 1.165) is 0 Å². The van der Waals surface area contributed by atoms with Gasteiger partial charge < -0.3 is 1.43 Å². The van der Waals surface area contributed by atoms with E-state index in [9.17, 15) is 0 Å². The van der Waals surface area contributed by atoms with Gasteiger partial charge in [-0.3, -0.25) is 0 Å². The van der Waals surface area contributed by atoms with Gasteiger partial charge in [0.2, 0.25) is 0 Å². The molecule has 2 heteroatoms. The molecule has 0 aromatic heterocycles. The van der Waals surface area contributed by atoms with Gasteiger partial charge in [0, 0.05) is 40.4 Å². The number of hydrogen-bond donors (Lipinski definition) is 0. The molecule has 0 amide bonds. The van der Waals surface area contributed by atoms with Gasteiger partial charge in [-0.2, -0.15) is 0 Å². The molecule has 0 nitrogen and oxygen atoms in total. The molecule has 0 rings (SSSR count). The average Bonchev–Trinajstić information content (AvgIpc) is 1.92. The van der Waals surface area contributed by atoms with Gasteiger partial charge in [-0.05, 0) is 0 Å². The first-order valence-corrected chi connectivity index (χ1v) is 3.27. The summed E-state index contributed by atoms with van der Waals surface area (Å²) in [5.41, 5.74) is 0. The molecule has 0 radical (unpaired) electrons. The molecule has 0 spiro atoms. The summed E-state index contributed by atoms with van der Waals surface area (Å²) < 4.78 is 0. The summed E-state index contributed by atoms with van der Waals surface area (Å²) in [6.07, 6.45) is 6.00. The topological polar surface area (TPSA) is 0 Å². The van der Waals surface area contributed by atoms with Gasteiger partial charge in [0.25, 0.3) is 0 Å². The molecule has 0 aliphatic carbocycles. The van der Waals surface area contributed by atoms with Crippen molar-refractivity contribution in [1.29, 1.82) is 0 Å². The van der Waals surface area contributed by atoms with Gasteiger partial charge in [0.15, 0.2) is 0 Å². The Morgan fingerprint density at radius 2 is 0.643 bits per heavy atom. The number of hydrogen-bond acceptors (Lipinski definition) is 0. The summed E-state index contributed by atoms with van der Waals surface area (Å²) in [6.45, 7) is 26.0. The maximum absolute atomic E-state index is 3.25. The van der Waals surface area contributed by atoms with Crippen LogP contribution in [0.4, 0.5) is 0 Å². The predicted molar refractivity (Wildman–Crippen MR) is 63.3 cm³/mol. The Hall–Kier alpha value is 0.375. The Morgan fingerprint density at radius 1 is 0.643 bits per heavy atom. The molecule has 80 valence electrons. The maximum atomic E-state index is 3.25. The molecular weight excluding hydrogens is 301 g/mol. The van der Waals surface area contributed by atoms with Crippen LogP contribution in [0.2, 0.25) is 0 Å². The molecule has 14 heavy (non-hydrogen) atoms. The summed E-state index contributed by atoms with van der Waals surface area (Å²) in [7, 11) is 0. The third kappa shape index (κ3) is 11400. The molecule has 0 aromatic rings.